The molecule has 2 aromatic carbocycles. The second-order valence-corrected chi connectivity index (χ2v) is 5.40. The Morgan fingerprint density at radius 1 is 1.10 bits per heavy atom. The van der Waals surface area contributed by atoms with Crippen molar-refractivity contribution in [1.82, 2.24) is 4.90 Å². The van der Waals surface area contributed by atoms with E-state index in [0.717, 1.165) is 30.2 Å². The monoisotopic (exact) mass is 284 g/mol. The van der Waals surface area contributed by atoms with Crippen molar-refractivity contribution < 1.29 is 9.47 Å². The molecule has 0 saturated heterocycles. The molecule has 1 atom stereocenters. The van der Waals surface area contributed by atoms with Gasteiger partial charge in [-0.15, -0.1) is 0 Å². The van der Waals surface area contributed by atoms with E-state index in [1.54, 1.807) is 0 Å². The largest absolute Gasteiger partial charge is 0.454 e. The maximum atomic E-state index is 6.31. The number of benzene rings is 2. The lowest BCUT2D eigenvalue weighted by Crippen LogP contribution is -2.28. The molecule has 110 valence electrons. The average molecular weight is 284 g/mol. The molecule has 2 aromatic rings. The van der Waals surface area contributed by atoms with E-state index in [0.29, 0.717) is 6.79 Å². The highest BCUT2D eigenvalue weighted by molar-refractivity contribution is 5.45. The summed E-state index contributed by atoms with van der Waals surface area (Å²) in [7, 11) is 2.08. The molecule has 1 aliphatic heterocycles. The van der Waals surface area contributed by atoms with Crippen LogP contribution in [0.4, 0.5) is 0 Å². The highest BCUT2D eigenvalue weighted by Crippen LogP contribution is 2.33. The number of rotatable bonds is 5. The summed E-state index contributed by atoms with van der Waals surface area (Å²) >= 11 is 0. The molecule has 0 amide bonds. The standard InChI is InChI=1S/C17H20N2O2/c1-19(10-13-5-3-2-4-6-13)11-15(18)14-7-8-16-17(9-14)21-12-20-16/h2-9,15H,10-12,18H2,1H3. The highest BCUT2D eigenvalue weighted by Gasteiger charge is 2.16. The Hall–Kier alpha value is -2.04. The summed E-state index contributed by atoms with van der Waals surface area (Å²) < 4.78 is 10.7. The van der Waals surface area contributed by atoms with Crippen LogP contribution in [0.3, 0.4) is 0 Å². The lowest BCUT2D eigenvalue weighted by Gasteiger charge is -2.21. The van der Waals surface area contributed by atoms with Crippen molar-refractivity contribution in [2.45, 2.75) is 12.6 Å². The zero-order chi connectivity index (χ0) is 14.7. The van der Waals surface area contributed by atoms with Gasteiger partial charge < -0.3 is 20.1 Å². The van der Waals surface area contributed by atoms with Crippen molar-refractivity contribution in [3.8, 4) is 11.5 Å². The number of ether oxygens (including phenoxy) is 2. The first-order valence-corrected chi connectivity index (χ1v) is 7.10. The summed E-state index contributed by atoms with van der Waals surface area (Å²) in [6.45, 7) is 1.97. The minimum absolute atomic E-state index is 0.0480. The van der Waals surface area contributed by atoms with Gasteiger partial charge in [0.25, 0.3) is 0 Å². The van der Waals surface area contributed by atoms with Crippen LogP contribution in [-0.2, 0) is 6.54 Å². The molecular weight excluding hydrogens is 264 g/mol. The third-order valence-electron chi connectivity index (χ3n) is 3.63. The van der Waals surface area contributed by atoms with Gasteiger partial charge in [-0.2, -0.15) is 0 Å². The molecule has 0 radical (unpaired) electrons. The molecule has 0 saturated carbocycles. The van der Waals surface area contributed by atoms with Crippen molar-refractivity contribution in [2.75, 3.05) is 20.4 Å². The smallest absolute Gasteiger partial charge is 0.231 e. The number of nitrogens with two attached hydrogens (primary N) is 1. The Bertz CT molecular complexity index is 601. The molecule has 0 spiro atoms. The quantitative estimate of drug-likeness (QED) is 0.916. The van der Waals surface area contributed by atoms with Crippen LogP contribution in [0.15, 0.2) is 48.5 Å². The van der Waals surface area contributed by atoms with Crippen molar-refractivity contribution in [2.24, 2.45) is 5.73 Å². The third kappa shape index (κ3) is 3.35. The molecule has 0 bridgehead atoms. The summed E-state index contributed by atoms with van der Waals surface area (Å²) in [6, 6.07) is 16.3. The van der Waals surface area contributed by atoms with Crippen LogP contribution >= 0.6 is 0 Å². The fraction of sp³-hybridized carbons (Fsp3) is 0.294. The molecule has 21 heavy (non-hydrogen) atoms. The molecule has 3 rings (SSSR count). The van der Waals surface area contributed by atoms with E-state index in [1.807, 2.05) is 24.3 Å². The molecule has 1 heterocycles. The predicted molar refractivity (Wildman–Crippen MR) is 82.3 cm³/mol. The van der Waals surface area contributed by atoms with Gasteiger partial charge in [0.2, 0.25) is 6.79 Å². The Morgan fingerprint density at radius 3 is 2.67 bits per heavy atom. The lowest BCUT2D eigenvalue weighted by molar-refractivity contribution is 0.174. The first-order valence-electron chi connectivity index (χ1n) is 7.10. The van der Waals surface area contributed by atoms with Crippen molar-refractivity contribution in [1.29, 1.82) is 0 Å². The second-order valence-electron chi connectivity index (χ2n) is 5.40. The van der Waals surface area contributed by atoms with Gasteiger partial charge in [-0.3, -0.25) is 0 Å². The van der Waals surface area contributed by atoms with Gasteiger partial charge >= 0.3 is 0 Å². The predicted octanol–water partition coefficient (Wildman–Crippen LogP) is 2.55. The normalized spacial score (nSPS) is 14.4. The molecular formula is C17H20N2O2. The minimum Gasteiger partial charge on any atom is -0.454 e. The van der Waals surface area contributed by atoms with E-state index in [-0.39, 0.29) is 6.04 Å². The van der Waals surface area contributed by atoms with Crippen LogP contribution < -0.4 is 15.2 Å². The van der Waals surface area contributed by atoms with Crippen LogP contribution in [0.2, 0.25) is 0 Å². The van der Waals surface area contributed by atoms with E-state index in [2.05, 4.69) is 36.2 Å². The van der Waals surface area contributed by atoms with Gasteiger partial charge in [0.15, 0.2) is 11.5 Å². The maximum Gasteiger partial charge on any atom is 0.231 e. The third-order valence-corrected chi connectivity index (χ3v) is 3.63. The van der Waals surface area contributed by atoms with E-state index in [9.17, 15) is 0 Å². The lowest BCUT2D eigenvalue weighted by atomic mass is 10.1. The van der Waals surface area contributed by atoms with Crippen LogP contribution in [0.1, 0.15) is 17.2 Å². The number of nitrogens with zero attached hydrogens (tertiary/aromatic N) is 1. The number of likely N-dealkylation sites (N-methyl/N-ethyl adjacent to an activating group) is 1. The molecule has 0 aliphatic carbocycles. The number of fused-ring (bicyclic) bond motifs is 1. The summed E-state index contributed by atoms with van der Waals surface area (Å²) in [5, 5.41) is 0. The zero-order valence-corrected chi connectivity index (χ0v) is 12.2. The molecule has 1 unspecified atom stereocenters. The fourth-order valence-electron chi connectivity index (χ4n) is 2.54. The minimum atomic E-state index is -0.0480. The van der Waals surface area contributed by atoms with Crippen LogP contribution in [0, 0.1) is 0 Å². The van der Waals surface area contributed by atoms with E-state index < -0.39 is 0 Å². The fourth-order valence-corrected chi connectivity index (χ4v) is 2.54. The van der Waals surface area contributed by atoms with Crippen molar-refractivity contribution >= 4 is 0 Å². The Morgan fingerprint density at radius 2 is 1.86 bits per heavy atom. The van der Waals surface area contributed by atoms with Crippen molar-refractivity contribution in [3.63, 3.8) is 0 Å². The first-order chi connectivity index (χ1) is 10.2. The topological polar surface area (TPSA) is 47.7 Å². The molecule has 4 heteroatoms. The molecule has 1 aliphatic rings. The SMILES string of the molecule is CN(Cc1ccccc1)CC(N)c1ccc2c(c1)OCO2. The van der Waals surface area contributed by atoms with Gasteiger partial charge in [0, 0.05) is 19.1 Å². The average Bonchev–Trinajstić information content (AvgIpc) is 2.95. The van der Waals surface area contributed by atoms with Gasteiger partial charge in [-0.25, -0.2) is 0 Å². The zero-order valence-electron chi connectivity index (χ0n) is 12.2. The molecule has 2 N–H and O–H groups in total. The maximum absolute atomic E-state index is 6.31. The van der Waals surface area contributed by atoms with Gasteiger partial charge in [0.05, 0.1) is 0 Å². The summed E-state index contributed by atoms with van der Waals surface area (Å²) in [6.07, 6.45) is 0. The summed E-state index contributed by atoms with van der Waals surface area (Å²) in [5.74, 6) is 1.58. The Kier molecular flexibility index (Phi) is 4.08. The Labute approximate surface area is 125 Å². The second kappa shape index (κ2) is 6.16. The van der Waals surface area contributed by atoms with E-state index in [1.165, 1.54) is 5.56 Å². The van der Waals surface area contributed by atoms with Crippen LogP contribution in [0.25, 0.3) is 0 Å². The van der Waals surface area contributed by atoms with Gasteiger partial charge in [-0.05, 0) is 30.3 Å². The summed E-state index contributed by atoms with van der Waals surface area (Å²) in [5.41, 5.74) is 8.66. The molecule has 4 nitrogen and oxygen atoms in total. The summed E-state index contributed by atoms with van der Waals surface area (Å²) in [4.78, 5) is 2.23. The van der Waals surface area contributed by atoms with E-state index >= 15 is 0 Å². The van der Waals surface area contributed by atoms with Crippen LogP contribution in [0.5, 0.6) is 11.5 Å². The highest BCUT2D eigenvalue weighted by atomic mass is 16.7. The van der Waals surface area contributed by atoms with Crippen molar-refractivity contribution in [3.05, 3.63) is 59.7 Å². The first kappa shape index (κ1) is 13.9. The van der Waals surface area contributed by atoms with Gasteiger partial charge in [-0.1, -0.05) is 36.4 Å². The molecule has 0 fully saturated rings. The number of hydrogen-bond donors (Lipinski definition) is 1. The Balaban J connectivity index is 1.62. The van der Waals surface area contributed by atoms with Crippen LogP contribution in [-0.4, -0.2) is 25.3 Å². The number of hydrogen-bond acceptors (Lipinski definition) is 4. The van der Waals surface area contributed by atoms with E-state index in [4.69, 9.17) is 15.2 Å². The van der Waals surface area contributed by atoms with Gasteiger partial charge in [0.1, 0.15) is 0 Å². The molecule has 0 aromatic heterocycles.